The van der Waals surface area contributed by atoms with Crippen LogP contribution in [0.1, 0.15) is 45.8 Å². The van der Waals surface area contributed by atoms with Gasteiger partial charge >= 0.3 is 5.97 Å². The van der Waals surface area contributed by atoms with Crippen LogP contribution in [0.15, 0.2) is 127 Å². The highest BCUT2D eigenvalue weighted by molar-refractivity contribution is 6.23. The number of hydrazine groups is 1. The van der Waals surface area contributed by atoms with Gasteiger partial charge < -0.3 is 10.2 Å². The Morgan fingerprint density at radius 2 is 1.54 bits per heavy atom. The van der Waals surface area contributed by atoms with Gasteiger partial charge in [0.1, 0.15) is 5.75 Å². The van der Waals surface area contributed by atoms with E-state index in [-0.39, 0.29) is 29.8 Å². The lowest BCUT2D eigenvalue weighted by molar-refractivity contribution is -0.138. The minimum Gasteiger partial charge on any atom is -0.507 e. The van der Waals surface area contributed by atoms with Crippen molar-refractivity contribution in [1.82, 2.24) is 5.01 Å². The van der Waals surface area contributed by atoms with Gasteiger partial charge in [-0.2, -0.15) is 5.01 Å². The lowest BCUT2D eigenvalue weighted by Crippen LogP contribution is -2.53. The van der Waals surface area contributed by atoms with Crippen LogP contribution >= 0.6 is 0 Å². The topological polar surface area (TPSA) is 144 Å². The van der Waals surface area contributed by atoms with E-state index in [2.05, 4.69) is 5.43 Å². The van der Waals surface area contributed by atoms with Crippen molar-refractivity contribution < 1.29 is 34.2 Å². The van der Waals surface area contributed by atoms with Gasteiger partial charge in [-0.15, -0.1) is 0 Å². The number of phenols is 1. The van der Waals surface area contributed by atoms with Gasteiger partial charge in [-0.3, -0.25) is 29.5 Å². The number of carboxylic acid groups (broad SMARTS) is 1. The van der Waals surface area contributed by atoms with Gasteiger partial charge in [-0.25, -0.2) is 4.79 Å². The summed E-state index contributed by atoms with van der Waals surface area (Å²) < 4.78 is 0. The van der Waals surface area contributed by atoms with E-state index in [1.807, 2.05) is 85.8 Å². The Hall–Kier alpha value is -6.55. The lowest BCUT2D eigenvalue weighted by Gasteiger charge is -2.50. The molecule has 3 N–H and O–H groups in total. The molecule has 5 aromatic carbocycles. The van der Waals surface area contributed by atoms with Crippen LogP contribution in [-0.4, -0.2) is 44.8 Å². The number of allylic oxidation sites excluding steroid dienone is 2. The first-order valence-corrected chi connectivity index (χ1v) is 18.0. The van der Waals surface area contributed by atoms with Gasteiger partial charge in [0.05, 0.1) is 40.1 Å². The highest BCUT2D eigenvalue weighted by atomic mass is 16.4. The average Bonchev–Trinajstić information content (AvgIpc) is 3.57. The van der Waals surface area contributed by atoms with Crippen LogP contribution in [0.4, 0.5) is 11.4 Å². The number of benzene rings is 5. The normalized spacial score (nSPS) is 26.0. The third-order valence-electron chi connectivity index (χ3n) is 12.0. The lowest BCUT2D eigenvalue weighted by atomic mass is 9.49. The number of amides is 4. The number of aromatic carboxylic acids is 1. The Labute approximate surface area is 310 Å². The number of carbonyl (C=O) groups is 5. The highest BCUT2D eigenvalue weighted by Gasteiger charge is 2.70. The molecule has 2 heterocycles. The molecule has 54 heavy (non-hydrogen) atoms. The molecule has 9 rings (SSSR count). The summed E-state index contributed by atoms with van der Waals surface area (Å²) in [7, 11) is 0. The predicted octanol–water partition coefficient (Wildman–Crippen LogP) is 6.74. The summed E-state index contributed by atoms with van der Waals surface area (Å²) in [6.07, 6.45) is 2.21. The molecule has 2 aliphatic carbocycles. The quantitative estimate of drug-likeness (QED) is 0.129. The first-order chi connectivity index (χ1) is 26.1. The molecule has 2 aliphatic heterocycles. The zero-order valence-electron chi connectivity index (χ0n) is 29.2. The summed E-state index contributed by atoms with van der Waals surface area (Å²) in [4.78, 5) is 71.9. The number of phenolic OH excluding ortho intramolecular Hbond substituents is 1. The standard InChI is InChI=1S/C44H35N3O7/c1-24-14-17-28(18-15-24)45-47-40(50)35-23-34-31(20-21-32-36(34)41(51)46(39(32)49)29-12-7-9-26(22-29)42(52)53)37(44(35,43(47)54)27-10-3-2-4-11-27)33-19-16-25-8-5-6-13-30(25)38(33)48/h2-20,22,32,34-37,45,48H,21,23H2,1H3,(H,52,53)/t32-,34+,35-,36-,37+,44+/m0/s1. The van der Waals surface area contributed by atoms with E-state index in [1.165, 1.54) is 18.2 Å². The number of carboxylic acids is 1. The fourth-order valence-electron chi connectivity index (χ4n) is 9.63. The van der Waals surface area contributed by atoms with E-state index in [4.69, 9.17) is 0 Å². The molecule has 0 aromatic heterocycles. The second-order valence-electron chi connectivity index (χ2n) is 14.7. The molecule has 0 unspecified atom stereocenters. The largest absolute Gasteiger partial charge is 0.507 e. The fourth-order valence-corrected chi connectivity index (χ4v) is 9.63. The first-order valence-electron chi connectivity index (χ1n) is 18.0. The number of fused-ring (bicyclic) bond motifs is 5. The van der Waals surface area contributed by atoms with Crippen LogP contribution in [0, 0.1) is 30.6 Å². The van der Waals surface area contributed by atoms with Crippen LogP contribution in [0.25, 0.3) is 10.8 Å². The van der Waals surface area contributed by atoms with E-state index < -0.39 is 64.6 Å². The maximum atomic E-state index is 15.4. The molecule has 0 bridgehead atoms. The second-order valence-corrected chi connectivity index (χ2v) is 14.7. The zero-order valence-corrected chi connectivity index (χ0v) is 29.2. The fraction of sp³-hybridized carbons (Fsp3) is 0.205. The van der Waals surface area contributed by atoms with Crippen molar-refractivity contribution in [3.8, 4) is 5.75 Å². The summed E-state index contributed by atoms with van der Waals surface area (Å²) in [5, 5.41) is 24.3. The number of hydrogen-bond acceptors (Lipinski definition) is 7. The van der Waals surface area contributed by atoms with Crippen molar-refractivity contribution in [1.29, 1.82) is 0 Å². The molecular formula is C44H35N3O7. The molecule has 5 aromatic rings. The molecule has 3 fully saturated rings. The molecule has 10 nitrogen and oxygen atoms in total. The third kappa shape index (κ3) is 4.68. The molecule has 6 atom stereocenters. The van der Waals surface area contributed by atoms with Gasteiger partial charge in [0.2, 0.25) is 11.8 Å². The van der Waals surface area contributed by atoms with Crippen LogP contribution in [-0.2, 0) is 24.6 Å². The van der Waals surface area contributed by atoms with Crippen molar-refractivity contribution in [2.75, 3.05) is 10.3 Å². The number of carbonyl (C=O) groups excluding carboxylic acids is 4. The Kier molecular flexibility index (Phi) is 7.56. The Bertz CT molecular complexity index is 2460. The third-order valence-corrected chi connectivity index (χ3v) is 12.0. The minimum atomic E-state index is -1.54. The second kappa shape index (κ2) is 12.3. The van der Waals surface area contributed by atoms with Gasteiger partial charge in [-0.1, -0.05) is 102 Å². The molecule has 4 aliphatic rings. The molecular weight excluding hydrogens is 682 g/mol. The zero-order chi connectivity index (χ0) is 37.5. The summed E-state index contributed by atoms with van der Waals surface area (Å²) in [5.41, 5.74) is 4.97. The Morgan fingerprint density at radius 3 is 2.30 bits per heavy atom. The van der Waals surface area contributed by atoms with Crippen LogP contribution in [0.3, 0.4) is 0 Å². The number of imide groups is 2. The van der Waals surface area contributed by atoms with Crippen molar-refractivity contribution in [2.45, 2.75) is 31.1 Å². The first kappa shape index (κ1) is 33.3. The summed E-state index contributed by atoms with van der Waals surface area (Å²) >= 11 is 0. The minimum absolute atomic E-state index is 0.0260. The van der Waals surface area contributed by atoms with E-state index in [0.29, 0.717) is 27.8 Å². The van der Waals surface area contributed by atoms with E-state index in [9.17, 15) is 29.4 Å². The van der Waals surface area contributed by atoms with E-state index >= 15 is 4.79 Å². The summed E-state index contributed by atoms with van der Waals surface area (Å²) in [6, 6.07) is 33.3. The van der Waals surface area contributed by atoms with Crippen molar-refractivity contribution in [3.05, 3.63) is 149 Å². The van der Waals surface area contributed by atoms with Gasteiger partial charge in [0, 0.05) is 16.9 Å². The van der Waals surface area contributed by atoms with Crippen LogP contribution in [0.2, 0.25) is 0 Å². The molecule has 0 spiro atoms. The maximum Gasteiger partial charge on any atom is 0.335 e. The number of rotatable bonds is 6. The smallest absolute Gasteiger partial charge is 0.335 e. The predicted molar refractivity (Wildman–Crippen MR) is 200 cm³/mol. The highest BCUT2D eigenvalue weighted by Crippen LogP contribution is 2.65. The number of nitrogens with zero attached hydrogens (tertiary/aromatic N) is 2. The number of anilines is 2. The number of aromatic hydroxyl groups is 1. The molecule has 268 valence electrons. The number of aryl methyl sites for hydroxylation is 1. The van der Waals surface area contributed by atoms with Crippen molar-refractivity contribution in [3.63, 3.8) is 0 Å². The van der Waals surface area contributed by atoms with Crippen molar-refractivity contribution in [2.24, 2.45) is 23.7 Å². The molecule has 0 radical (unpaired) electrons. The molecule has 1 saturated carbocycles. The molecule has 4 amide bonds. The molecule has 2 saturated heterocycles. The Morgan fingerprint density at radius 1 is 0.796 bits per heavy atom. The monoisotopic (exact) mass is 717 g/mol. The SMILES string of the molecule is Cc1ccc(NN2C(=O)[C@@H]3C[C@@H]4C(=CC[C@@H]5C(=O)N(c6cccc(C(=O)O)c6)C(=O)[C@@H]54)[C@H](c4ccc5ccccc5c4O)[C@]3(c3ccccc3)C2=O)cc1. The van der Waals surface area contributed by atoms with E-state index in [1.54, 1.807) is 24.3 Å². The van der Waals surface area contributed by atoms with Crippen LogP contribution < -0.4 is 10.3 Å². The van der Waals surface area contributed by atoms with Gasteiger partial charge in [0.15, 0.2) is 0 Å². The number of nitrogens with one attached hydrogen (secondary N) is 1. The maximum absolute atomic E-state index is 15.4. The number of hydrogen-bond donors (Lipinski definition) is 3. The average molecular weight is 718 g/mol. The summed E-state index contributed by atoms with van der Waals surface area (Å²) in [5.74, 6) is -7.28. The van der Waals surface area contributed by atoms with Gasteiger partial charge in [-0.05, 0) is 67.0 Å². The van der Waals surface area contributed by atoms with Crippen molar-refractivity contribution >= 4 is 51.7 Å². The van der Waals surface area contributed by atoms with E-state index in [0.717, 1.165) is 20.9 Å². The molecule has 10 heteroatoms. The van der Waals surface area contributed by atoms with Crippen LogP contribution in [0.5, 0.6) is 5.75 Å². The van der Waals surface area contributed by atoms with Gasteiger partial charge in [0.25, 0.3) is 11.8 Å². The summed E-state index contributed by atoms with van der Waals surface area (Å²) in [6.45, 7) is 1.94. The Balaban J connectivity index is 1.25.